The van der Waals surface area contributed by atoms with E-state index < -0.39 is 13.7 Å². The standard InChI is InChI=1S/C31H44NO4Si/c1-37(2,3)21-20-34-24-35-31(25-12-6-4-7-13-25,26-14-8-5-9-15-26)30(33)36-29-22-27-16-17-28(23-29)32(27)18-10-11-19-32/h4-9,12-15,27-29H,10-11,16-24H2,1-3H3/q+1. The maximum absolute atomic E-state index is 14.3. The maximum Gasteiger partial charge on any atom is 0.348 e. The van der Waals surface area contributed by atoms with Crippen molar-refractivity contribution in [3.8, 4) is 0 Å². The quantitative estimate of drug-likeness (QED) is 0.124. The lowest BCUT2D eigenvalue weighted by Crippen LogP contribution is -2.60. The lowest BCUT2D eigenvalue weighted by molar-refractivity contribution is -0.956. The van der Waals surface area contributed by atoms with E-state index in [1.807, 2.05) is 60.7 Å². The molecule has 6 heteroatoms. The predicted octanol–water partition coefficient (Wildman–Crippen LogP) is 6.11. The number of piperidine rings is 1. The molecule has 200 valence electrons. The molecular weight excluding hydrogens is 478 g/mol. The van der Waals surface area contributed by atoms with Crippen LogP contribution in [0.25, 0.3) is 0 Å². The van der Waals surface area contributed by atoms with Crippen LogP contribution in [0.2, 0.25) is 25.7 Å². The molecule has 2 bridgehead atoms. The van der Waals surface area contributed by atoms with E-state index in [9.17, 15) is 4.79 Å². The second kappa shape index (κ2) is 11.0. The van der Waals surface area contributed by atoms with E-state index in [-0.39, 0.29) is 18.9 Å². The van der Waals surface area contributed by atoms with Gasteiger partial charge in [-0.3, -0.25) is 0 Å². The fourth-order valence-electron chi connectivity index (χ4n) is 7.08. The molecule has 5 rings (SSSR count). The molecule has 2 aromatic carbocycles. The first-order valence-electron chi connectivity index (χ1n) is 14.2. The van der Waals surface area contributed by atoms with Crippen LogP contribution in [0.1, 0.15) is 49.7 Å². The van der Waals surface area contributed by atoms with E-state index >= 15 is 0 Å². The summed E-state index contributed by atoms with van der Waals surface area (Å²) in [5, 5.41) is 0. The molecule has 1 spiro atoms. The summed E-state index contributed by atoms with van der Waals surface area (Å²) in [5.41, 5.74) is 0.196. The summed E-state index contributed by atoms with van der Waals surface area (Å²) in [6.07, 6.45) is 7.09. The molecule has 2 atom stereocenters. The molecule has 0 aliphatic carbocycles. The molecule has 2 aromatic rings. The number of rotatable bonds is 10. The first-order valence-corrected chi connectivity index (χ1v) is 17.9. The van der Waals surface area contributed by atoms with Gasteiger partial charge >= 0.3 is 5.97 Å². The zero-order valence-electron chi connectivity index (χ0n) is 22.9. The van der Waals surface area contributed by atoms with Gasteiger partial charge in [0.2, 0.25) is 5.60 Å². The fraction of sp³-hybridized carbons (Fsp3) is 0.581. The zero-order valence-corrected chi connectivity index (χ0v) is 23.9. The monoisotopic (exact) mass is 522 g/mol. The third-order valence-corrected chi connectivity index (χ3v) is 10.7. The Morgan fingerprint density at radius 1 is 0.892 bits per heavy atom. The molecule has 5 nitrogen and oxygen atoms in total. The summed E-state index contributed by atoms with van der Waals surface area (Å²) in [4.78, 5) is 14.3. The summed E-state index contributed by atoms with van der Waals surface area (Å²) < 4.78 is 20.2. The maximum atomic E-state index is 14.3. The average Bonchev–Trinajstić information content (AvgIpc) is 3.43. The molecule has 3 fully saturated rings. The highest BCUT2D eigenvalue weighted by Gasteiger charge is 2.56. The Balaban J connectivity index is 1.39. The third kappa shape index (κ3) is 5.44. The molecule has 0 amide bonds. The van der Waals surface area contributed by atoms with E-state index in [2.05, 4.69) is 19.6 Å². The van der Waals surface area contributed by atoms with E-state index in [0.29, 0.717) is 18.7 Å². The summed E-state index contributed by atoms with van der Waals surface area (Å²) >= 11 is 0. The van der Waals surface area contributed by atoms with Crippen LogP contribution in [0.15, 0.2) is 60.7 Å². The second-order valence-corrected chi connectivity index (χ2v) is 18.2. The normalized spacial score (nSPS) is 24.9. The van der Waals surface area contributed by atoms with Crippen molar-refractivity contribution in [2.75, 3.05) is 26.5 Å². The van der Waals surface area contributed by atoms with E-state index in [1.54, 1.807) is 0 Å². The third-order valence-electron chi connectivity index (χ3n) is 9.03. The highest BCUT2D eigenvalue weighted by Crippen LogP contribution is 2.47. The topological polar surface area (TPSA) is 44.8 Å². The van der Waals surface area contributed by atoms with Crippen molar-refractivity contribution in [1.29, 1.82) is 0 Å². The first-order chi connectivity index (χ1) is 17.8. The summed E-state index contributed by atoms with van der Waals surface area (Å²) in [6.45, 7) is 10.3. The number of benzene rings is 2. The van der Waals surface area contributed by atoms with Crippen molar-refractivity contribution < 1.29 is 23.5 Å². The van der Waals surface area contributed by atoms with Crippen LogP contribution in [-0.2, 0) is 24.6 Å². The molecule has 2 unspecified atom stereocenters. The van der Waals surface area contributed by atoms with Crippen LogP contribution in [0.3, 0.4) is 0 Å². The van der Waals surface area contributed by atoms with Gasteiger partial charge in [0.1, 0.15) is 12.9 Å². The Morgan fingerprint density at radius 2 is 1.43 bits per heavy atom. The van der Waals surface area contributed by atoms with Crippen LogP contribution < -0.4 is 0 Å². The zero-order chi connectivity index (χ0) is 25.9. The van der Waals surface area contributed by atoms with Crippen LogP contribution in [0, 0.1) is 0 Å². The molecule has 3 aliphatic rings. The van der Waals surface area contributed by atoms with Crippen molar-refractivity contribution in [2.45, 2.75) is 88.0 Å². The lowest BCUT2D eigenvalue weighted by atomic mass is 9.85. The van der Waals surface area contributed by atoms with Crippen molar-refractivity contribution >= 4 is 14.0 Å². The minimum Gasteiger partial charge on any atom is -0.459 e. The van der Waals surface area contributed by atoms with Gasteiger partial charge in [0.25, 0.3) is 0 Å². The number of hydrogen-bond acceptors (Lipinski definition) is 4. The lowest BCUT2D eigenvalue weighted by Gasteiger charge is -2.47. The van der Waals surface area contributed by atoms with Crippen LogP contribution in [0.5, 0.6) is 0 Å². The molecule has 3 saturated heterocycles. The molecule has 0 saturated carbocycles. The Labute approximate surface area is 223 Å². The molecule has 0 radical (unpaired) electrons. The average molecular weight is 523 g/mol. The highest BCUT2D eigenvalue weighted by molar-refractivity contribution is 6.76. The SMILES string of the molecule is C[Si](C)(C)CCOCOC(C(=O)OC1CC2CCC(C1)[N+]21CCCC1)(c1ccccc1)c1ccccc1. The van der Waals surface area contributed by atoms with E-state index in [0.717, 1.165) is 30.0 Å². The largest absolute Gasteiger partial charge is 0.459 e. The Kier molecular flexibility index (Phi) is 7.92. The Hall–Kier alpha value is -1.99. The van der Waals surface area contributed by atoms with Crippen molar-refractivity contribution in [3.63, 3.8) is 0 Å². The van der Waals surface area contributed by atoms with Gasteiger partial charge in [-0.2, -0.15) is 0 Å². The molecule has 0 aromatic heterocycles. The highest BCUT2D eigenvalue weighted by atomic mass is 28.3. The molecule has 3 heterocycles. The summed E-state index contributed by atoms with van der Waals surface area (Å²) in [6, 6.07) is 21.9. The summed E-state index contributed by atoms with van der Waals surface area (Å²) in [7, 11) is -1.23. The number of esters is 1. The minimum atomic E-state index is -1.36. The van der Waals surface area contributed by atoms with Gasteiger partial charge in [0, 0.05) is 53.2 Å². The first kappa shape index (κ1) is 26.6. The predicted molar refractivity (Wildman–Crippen MR) is 149 cm³/mol. The van der Waals surface area contributed by atoms with Gasteiger partial charge in [-0.05, 0) is 17.2 Å². The molecule has 3 aliphatic heterocycles. The van der Waals surface area contributed by atoms with Crippen LogP contribution in [0.4, 0.5) is 0 Å². The number of nitrogens with zero attached hydrogens (tertiary/aromatic N) is 1. The number of hydrogen-bond donors (Lipinski definition) is 0. The minimum absolute atomic E-state index is 0.0410. The second-order valence-electron chi connectivity index (χ2n) is 12.5. The number of carbonyl (C=O) groups is 1. The number of quaternary nitrogens is 1. The summed E-state index contributed by atoms with van der Waals surface area (Å²) in [5.74, 6) is -0.321. The van der Waals surface area contributed by atoms with Gasteiger partial charge in [0.05, 0.1) is 25.2 Å². The van der Waals surface area contributed by atoms with Gasteiger partial charge < -0.3 is 18.7 Å². The van der Waals surface area contributed by atoms with Crippen molar-refractivity contribution in [2.24, 2.45) is 0 Å². The molecular formula is C31H44NO4Si+. The van der Waals surface area contributed by atoms with Crippen molar-refractivity contribution in [1.82, 2.24) is 0 Å². The van der Waals surface area contributed by atoms with Crippen LogP contribution in [-0.4, -0.2) is 63.2 Å². The molecule has 37 heavy (non-hydrogen) atoms. The molecule has 0 N–H and O–H groups in total. The van der Waals surface area contributed by atoms with Crippen molar-refractivity contribution in [3.05, 3.63) is 71.8 Å². The van der Waals surface area contributed by atoms with Crippen LogP contribution >= 0.6 is 0 Å². The van der Waals surface area contributed by atoms with E-state index in [1.165, 1.54) is 43.3 Å². The van der Waals surface area contributed by atoms with E-state index in [4.69, 9.17) is 14.2 Å². The number of carbonyl (C=O) groups excluding carboxylic acids is 1. The smallest absolute Gasteiger partial charge is 0.348 e. The fourth-order valence-corrected chi connectivity index (χ4v) is 7.84. The number of ether oxygens (including phenoxy) is 3. The van der Waals surface area contributed by atoms with Gasteiger partial charge in [-0.25, -0.2) is 4.79 Å². The van der Waals surface area contributed by atoms with Gasteiger partial charge in [-0.1, -0.05) is 80.3 Å². The van der Waals surface area contributed by atoms with Gasteiger partial charge in [-0.15, -0.1) is 0 Å². The van der Waals surface area contributed by atoms with Gasteiger partial charge in [0.15, 0.2) is 0 Å². The Bertz CT molecular complexity index is 977. The Morgan fingerprint density at radius 3 is 1.95 bits per heavy atom.